The summed E-state index contributed by atoms with van der Waals surface area (Å²) in [4.78, 5) is 8.44. The Labute approximate surface area is 191 Å². The quantitative estimate of drug-likeness (QED) is 0.0965. The number of nitrogens with one attached hydrogen (secondary N) is 2. The van der Waals surface area contributed by atoms with Gasteiger partial charge in [0.1, 0.15) is 0 Å². The highest BCUT2D eigenvalue weighted by Crippen LogP contribution is 2.11. The summed E-state index contributed by atoms with van der Waals surface area (Å²) in [5, 5.41) is 7.02. The molecular formula is C23H52N8. The van der Waals surface area contributed by atoms with Gasteiger partial charge in [-0.15, -0.1) is 0 Å². The van der Waals surface area contributed by atoms with Crippen molar-refractivity contribution in [2.45, 2.75) is 96.6 Å². The number of nitrogens with two attached hydrogens (primary N) is 4. The molecule has 0 aromatic carbocycles. The van der Waals surface area contributed by atoms with Gasteiger partial charge in [0.2, 0.25) is 0 Å². The number of aliphatic imine (C=N–C) groups is 2. The standard InChI is InChI=1S/C23H52N8/c1-20(24)30-16-10-6-12-22(3,26)18-28-14-8-5-9-15-29-19-23(4,27)13-7-11-17-31-21(2)25/h28-29H,5-19,26-27H2,1-4H3,(H2,24,30)(H2,25,31). The van der Waals surface area contributed by atoms with Gasteiger partial charge in [-0.25, -0.2) is 0 Å². The van der Waals surface area contributed by atoms with Gasteiger partial charge in [-0.05, 0) is 92.2 Å². The van der Waals surface area contributed by atoms with Gasteiger partial charge >= 0.3 is 0 Å². The van der Waals surface area contributed by atoms with Crippen LogP contribution in [0.3, 0.4) is 0 Å². The van der Waals surface area contributed by atoms with Crippen LogP contribution in [0.1, 0.15) is 85.5 Å². The van der Waals surface area contributed by atoms with Crippen molar-refractivity contribution in [1.82, 2.24) is 10.6 Å². The van der Waals surface area contributed by atoms with Crippen LogP contribution >= 0.6 is 0 Å². The molecule has 0 aromatic rings. The van der Waals surface area contributed by atoms with Crippen LogP contribution in [-0.2, 0) is 0 Å². The molecule has 0 rings (SSSR count). The summed E-state index contributed by atoms with van der Waals surface area (Å²) in [6.45, 7) is 13.2. The summed E-state index contributed by atoms with van der Waals surface area (Å²) < 4.78 is 0. The maximum absolute atomic E-state index is 6.39. The van der Waals surface area contributed by atoms with Crippen LogP contribution < -0.4 is 33.6 Å². The van der Waals surface area contributed by atoms with Gasteiger partial charge in [0, 0.05) is 37.3 Å². The Balaban J connectivity index is 3.59. The molecule has 0 heterocycles. The molecule has 0 amide bonds. The minimum atomic E-state index is -0.163. The molecule has 0 bridgehead atoms. The summed E-state index contributed by atoms with van der Waals surface area (Å²) >= 11 is 0. The van der Waals surface area contributed by atoms with Crippen molar-refractivity contribution in [2.75, 3.05) is 39.3 Å². The maximum Gasteiger partial charge on any atom is 0.0905 e. The Bertz CT molecular complexity index is 448. The zero-order chi connectivity index (χ0) is 23.6. The smallest absolute Gasteiger partial charge is 0.0905 e. The van der Waals surface area contributed by atoms with E-state index >= 15 is 0 Å². The van der Waals surface area contributed by atoms with Crippen molar-refractivity contribution in [3.8, 4) is 0 Å². The minimum Gasteiger partial charge on any atom is -0.388 e. The molecule has 2 atom stereocenters. The molecule has 0 radical (unpaired) electrons. The lowest BCUT2D eigenvalue weighted by atomic mass is 9.96. The topological polar surface area (TPSA) is 153 Å². The van der Waals surface area contributed by atoms with Gasteiger partial charge in [-0.2, -0.15) is 0 Å². The molecule has 0 aliphatic carbocycles. The van der Waals surface area contributed by atoms with Crippen molar-refractivity contribution in [3.05, 3.63) is 0 Å². The lowest BCUT2D eigenvalue weighted by Gasteiger charge is -2.25. The van der Waals surface area contributed by atoms with Crippen LogP contribution in [0.5, 0.6) is 0 Å². The van der Waals surface area contributed by atoms with E-state index in [2.05, 4.69) is 34.5 Å². The molecule has 0 aromatic heterocycles. The molecule has 31 heavy (non-hydrogen) atoms. The normalized spacial score (nSPS) is 16.8. The molecule has 8 nitrogen and oxygen atoms in total. The van der Waals surface area contributed by atoms with E-state index in [0.717, 1.165) is 77.8 Å². The maximum atomic E-state index is 6.39. The van der Waals surface area contributed by atoms with E-state index < -0.39 is 0 Å². The second kappa shape index (κ2) is 17.3. The second-order valence-corrected chi connectivity index (χ2v) is 9.68. The zero-order valence-electron chi connectivity index (χ0n) is 20.8. The molecule has 0 saturated carbocycles. The predicted octanol–water partition coefficient (Wildman–Crippen LogP) is 1.87. The second-order valence-electron chi connectivity index (χ2n) is 9.68. The van der Waals surface area contributed by atoms with Gasteiger partial charge in [0.25, 0.3) is 0 Å². The van der Waals surface area contributed by atoms with Gasteiger partial charge in [0.05, 0.1) is 11.7 Å². The molecule has 0 saturated heterocycles. The third-order valence-corrected chi connectivity index (χ3v) is 5.30. The van der Waals surface area contributed by atoms with E-state index in [-0.39, 0.29) is 11.1 Å². The number of amidine groups is 2. The summed E-state index contributed by atoms with van der Waals surface area (Å²) in [7, 11) is 0. The van der Waals surface area contributed by atoms with E-state index in [1.165, 1.54) is 19.3 Å². The zero-order valence-corrected chi connectivity index (χ0v) is 20.8. The molecule has 0 fully saturated rings. The van der Waals surface area contributed by atoms with Crippen molar-refractivity contribution in [2.24, 2.45) is 32.9 Å². The number of nitrogens with zero attached hydrogens (tertiary/aromatic N) is 2. The van der Waals surface area contributed by atoms with Crippen molar-refractivity contribution in [1.29, 1.82) is 0 Å². The number of unbranched alkanes of at least 4 members (excludes halogenated alkanes) is 4. The lowest BCUT2D eigenvalue weighted by molar-refractivity contribution is 0.379. The van der Waals surface area contributed by atoms with Crippen LogP contribution in [0.15, 0.2) is 9.98 Å². The first-order chi connectivity index (χ1) is 14.5. The lowest BCUT2D eigenvalue weighted by Crippen LogP contribution is -2.46. The molecular weight excluding hydrogens is 388 g/mol. The van der Waals surface area contributed by atoms with E-state index in [9.17, 15) is 0 Å². The first-order valence-corrected chi connectivity index (χ1v) is 12.1. The first-order valence-electron chi connectivity index (χ1n) is 12.1. The highest BCUT2D eigenvalue weighted by atomic mass is 14.9. The molecule has 10 N–H and O–H groups in total. The highest BCUT2D eigenvalue weighted by molar-refractivity contribution is 5.77. The van der Waals surface area contributed by atoms with Crippen molar-refractivity contribution < 1.29 is 0 Å². The predicted molar refractivity (Wildman–Crippen MR) is 137 cm³/mol. The van der Waals surface area contributed by atoms with Crippen molar-refractivity contribution in [3.63, 3.8) is 0 Å². The number of hydrogen-bond acceptors (Lipinski definition) is 6. The van der Waals surface area contributed by atoms with Crippen LogP contribution in [0.4, 0.5) is 0 Å². The Hall–Kier alpha value is -1.22. The van der Waals surface area contributed by atoms with E-state index in [0.29, 0.717) is 11.7 Å². The number of hydrogen-bond donors (Lipinski definition) is 6. The Morgan fingerprint density at radius 3 is 1.39 bits per heavy atom. The molecule has 8 heteroatoms. The monoisotopic (exact) mass is 440 g/mol. The Morgan fingerprint density at radius 2 is 1.03 bits per heavy atom. The van der Waals surface area contributed by atoms with Gasteiger partial charge in [-0.1, -0.05) is 6.42 Å². The molecule has 2 unspecified atom stereocenters. The van der Waals surface area contributed by atoms with Crippen LogP contribution in [-0.4, -0.2) is 62.0 Å². The molecule has 0 spiro atoms. The summed E-state index contributed by atoms with van der Waals surface area (Å²) in [5.41, 5.74) is 23.5. The number of rotatable bonds is 20. The minimum absolute atomic E-state index is 0.163. The van der Waals surface area contributed by atoms with E-state index in [1.807, 2.05) is 13.8 Å². The van der Waals surface area contributed by atoms with E-state index in [1.54, 1.807) is 0 Å². The summed E-state index contributed by atoms with van der Waals surface area (Å²) in [6.07, 6.45) is 9.79. The summed E-state index contributed by atoms with van der Waals surface area (Å²) in [6, 6.07) is 0. The van der Waals surface area contributed by atoms with Gasteiger partial charge < -0.3 is 33.6 Å². The molecule has 0 aliphatic rings. The fourth-order valence-electron chi connectivity index (χ4n) is 3.39. The SMILES string of the molecule is CC(N)=NCCCCC(C)(N)CNCCCCCNCC(C)(N)CCCCN=C(C)N. The van der Waals surface area contributed by atoms with Crippen LogP contribution in [0, 0.1) is 0 Å². The first kappa shape index (κ1) is 29.8. The third kappa shape index (κ3) is 21.8. The Kier molecular flexibility index (Phi) is 16.7. The third-order valence-electron chi connectivity index (χ3n) is 5.30. The Morgan fingerprint density at radius 1 is 0.645 bits per heavy atom. The van der Waals surface area contributed by atoms with Crippen molar-refractivity contribution >= 4 is 11.7 Å². The average Bonchev–Trinajstić information content (AvgIpc) is 2.65. The van der Waals surface area contributed by atoms with Gasteiger partial charge in [0.15, 0.2) is 0 Å². The molecule has 184 valence electrons. The fraction of sp³-hybridized carbons (Fsp3) is 0.913. The van der Waals surface area contributed by atoms with E-state index in [4.69, 9.17) is 22.9 Å². The summed E-state index contributed by atoms with van der Waals surface area (Å²) in [5.74, 6) is 1.31. The average molecular weight is 441 g/mol. The largest absolute Gasteiger partial charge is 0.388 e. The fourth-order valence-corrected chi connectivity index (χ4v) is 3.39. The molecule has 0 aliphatic heterocycles. The van der Waals surface area contributed by atoms with Crippen LogP contribution in [0.2, 0.25) is 0 Å². The highest BCUT2D eigenvalue weighted by Gasteiger charge is 2.17. The van der Waals surface area contributed by atoms with Gasteiger partial charge in [-0.3, -0.25) is 9.98 Å². The van der Waals surface area contributed by atoms with Crippen LogP contribution in [0.25, 0.3) is 0 Å².